The molecule has 1 N–H and O–H groups in total. The molecule has 0 amide bonds. The van der Waals surface area contributed by atoms with E-state index in [1.54, 1.807) is 0 Å². The van der Waals surface area contributed by atoms with Crippen molar-refractivity contribution in [2.75, 3.05) is 4.90 Å². The third-order valence-electron chi connectivity index (χ3n) is 5.36. The van der Waals surface area contributed by atoms with Crippen molar-refractivity contribution in [3.05, 3.63) is 115 Å². The molecule has 6 heteroatoms. The molecule has 0 spiro atoms. The molecule has 1 saturated heterocycles. The minimum Gasteiger partial charge on any atom is -0.351 e. The second-order valence-corrected chi connectivity index (χ2v) is 7.60. The fourth-order valence-electron chi connectivity index (χ4n) is 4.03. The van der Waals surface area contributed by atoms with Crippen LogP contribution in [0, 0.1) is 0 Å². The number of nitrogens with one attached hydrogen (secondary N) is 1. The van der Waals surface area contributed by atoms with Crippen LogP contribution in [0.1, 0.15) is 29.2 Å². The Labute approximate surface area is 181 Å². The summed E-state index contributed by atoms with van der Waals surface area (Å²) < 4.78 is 2.24. The average molecular weight is 412 g/mol. The van der Waals surface area contributed by atoms with Crippen LogP contribution in [-0.4, -0.2) is 19.6 Å². The van der Waals surface area contributed by atoms with E-state index in [9.17, 15) is 0 Å². The Kier molecular flexibility index (Phi) is 4.99. The first-order chi connectivity index (χ1) is 14.8. The quantitative estimate of drug-likeness (QED) is 0.490. The Morgan fingerprint density at radius 2 is 1.60 bits per heavy atom. The Morgan fingerprint density at radius 1 is 0.833 bits per heavy atom. The van der Waals surface area contributed by atoms with Crippen molar-refractivity contribution in [2.24, 2.45) is 0 Å². The summed E-state index contributed by atoms with van der Waals surface area (Å²) in [6, 6.07) is 26.4. The van der Waals surface area contributed by atoms with E-state index in [2.05, 4.69) is 55.2 Å². The van der Waals surface area contributed by atoms with E-state index in [1.807, 2.05) is 67.0 Å². The van der Waals surface area contributed by atoms with Crippen molar-refractivity contribution < 1.29 is 0 Å². The Bertz CT molecular complexity index is 1130. The van der Waals surface area contributed by atoms with Gasteiger partial charge in [0.2, 0.25) is 0 Å². The van der Waals surface area contributed by atoms with Gasteiger partial charge in [-0.05, 0) is 60.7 Å². The summed E-state index contributed by atoms with van der Waals surface area (Å²) in [7, 11) is 0. The van der Waals surface area contributed by atoms with Gasteiger partial charge < -0.3 is 14.8 Å². The van der Waals surface area contributed by atoms with Crippen LogP contribution in [0.4, 0.5) is 5.69 Å². The van der Waals surface area contributed by atoms with Crippen LogP contribution in [0.15, 0.2) is 97.5 Å². The molecule has 30 heavy (non-hydrogen) atoms. The van der Waals surface area contributed by atoms with Crippen LogP contribution < -0.4 is 10.2 Å². The van der Waals surface area contributed by atoms with Gasteiger partial charge in [0, 0.05) is 30.0 Å². The lowest BCUT2D eigenvalue weighted by Gasteiger charge is -2.29. The highest BCUT2D eigenvalue weighted by atomic mass is 32.1. The lowest BCUT2D eigenvalue weighted by molar-refractivity contribution is 0.532. The van der Waals surface area contributed by atoms with Gasteiger partial charge in [-0.1, -0.05) is 30.3 Å². The first-order valence-corrected chi connectivity index (χ1v) is 10.3. The fourth-order valence-corrected chi connectivity index (χ4v) is 4.37. The molecule has 0 aliphatic carbocycles. The smallest absolute Gasteiger partial charge is 0.174 e. The van der Waals surface area contributed by atoms with E-state index in [0.717, 1.165) is 22.8 Å². The first kappa shape index (κ1) is 18.5. The van der Waals surface area contributed by atoms with Gasteiger partial charge in [0.15, 0.2) is 5.11 Å². The van der Waals surface area contributed by atoms with Gasteiger partial charge in [-0.2, -0.15) is 0 Å². The zero-order chi connectivity index (χ0) is 20.3. The van der Waals surface area contributed by atoms with Crippen LogP contribution in [0.25, 0.3) is 0 Å². The third kappa shape index (κ3) is 3.46. The summed E-state index contributed by atoms with van der Waals surface area (Å²) in [5.41, 5.74) is 4.20. The summed E-state index contributed by atoms with van der Waals surface area (Å²) in [5, 5.41) is 4.22. The number of para-hydroxylation sites is 1. The molecule has 5 nitrogen and oxygen atoms in total. The van der Waals surface area contributed by atoms with E-state index in [1.165, 1.54) is 0 Å². The van der Waals surface area contributed by atoms with Gasteiger partial charge in [-0.15, -0.1) is 0 Å². The van der Waals surface area contributed by atoms with E-state index >= 15 is 0 Å². The number of pyridine rings is 2. The second-order valence-electron chi connectivity index (χ2n) is 7.21. The summed E-state index contributed by atoms with van der Waals surface area (Å²) in [6.07, 6.45) is 5.76. The zero-order valence-electron chi connectivity index (χ0n) is 16.3. The molecule has 0 unspecified atom stereocenters. The summed E-state index contributed by atoms with van der Waals surface area (Å²) in [5.74, 6) is 0. The van der Waals surface area contributed by atoms with Gasteiger partial charge in [-0.3, -0.25) is 9.97 Å². The average Bonchev–Trinajstić information content (AvgIpc) is 3.39. The third-order valence-corrected chi connectivity index (χ3v) is 5.67. The molecule has 1 aromatic carbocycles. The standard InChI is InChI=1S/C24H21N5S/c30-24-27-22(20-12-5-7-15-26-20)23(29(24)19-10-2-1-3-11-19)21-13-8-16-28(21)17-18-9-4-6-14-25-18/h1-16,22-23H,17H2,(H,27,30)/t22-,23-/m0/s1. The van der Waals surface area contributed by atoms with Crippen molar-refractivity contribution in [1.29, 1.82) is 0 Å². The molecule has 4 heterocycles. The summed E-state index contributed by atoms with van der Waals surface area (Å²) in [4.78, 5) is 11.3. The number of hydrogen-bond acceptors (Lipinski definition) is 3. The number of rotatable bonds is 5. The zero-order valence-corrected chi connectivity index (χ0v) is 17.1. The molecule has 4 aromatic rings. The Hall–Kier alpha value is -3.51. The minimum atomic E-state index is -0.0590. The van der Waals surface area contributed by atoms with Crippen molar-refractivity contribution >= 4 is 23.0 Å². The Morgan fingerprint density at radius 3 is 2.33 bits per heavy atom. The van der Waals surface area contributed by atoms with Crippen molar-refractivity contribution in [3.8, 4) is 0 Å². The topological polar surface area (TPSA) is 46.0 Å². The summed E-state index contributed by atoms with van der Waals surface area (Å²) in [6.45, 7) is 0.698. The number of nitrogens with zero attached hydrogens (tertiary/aromatic N) is 4. The first-order valence-electron chi connectivity index (χ1n) is 9.92. The van der Waals surface area contributed by atoms with Crippen molar-refractivity contribution in [1.82, 2.24) is 19.9 Å². The number of thiocarbonyl (C=S) groups is 1. The molecular weight excluding hydrogens is 390 g/mol. The van der Waals surface area contributed by atoms with Crippen LogP contribution in [0.5, 0.6) is 0 Å². The highest BCUT2D eigenvalue weighted by Crippen LogP contribution is 2.41. The predicted octanol–water partition coefficient (Wildman–Crippen LogP) is 4.50. The molecule has 0 radical (unpaired) electrons. The molecule has 1 aliphatic heterocycles. The number of anilines is 1. The molecule has 0 bridgehead atoms. The lowest BCUT2D eigenvalue weighted by Crippen LogP contribution is -2.30. The molecule has 5 rings (SSSR count). The normalized spacial score (nSPS) is 18.4. The Balaban J connectivity index is 1.60. The lowest BCUT2D eigenvalue weighted by atomic mass is 10.0. The fraction of sp³-hybridized carbons (Fsp3) is 0.125. The SMILES string of the molecule is S=C1N[C@@H](c2ccccn2)[C@H](c2cccn2Cc2ccccn2)N1c1ccccc1. The molecule has 1 fully saturated rings. The second kappa shape index (κ2) is 8.08. The highest BCUT2D eigenvalue weighted by Gasteiger charge is 2.41. The van der Waals surface area contributed by atoms with Gasteiger partial charge in [-0.25, -0.2) is 0 Å². The van der Waals surface area contributed by atoms with Gasteiger partial charge >= 0.3 is 0 Å². The van der Waals surface area contributed by atoms with E-state index < -0.39 is 0 Å². The van der Waals surface area contributed by atoms with Crippen molar-refractivity contribution in [2.45, 2.75) is 18.6 Å². The van der Waals surface area contributed by atoms with E-state index in [4.69, 9.17) is 12.2 Å². The van der Waals surface area contributed by atoms with Crippen LogP contribution in [-0.2, 0) is 6.54 Å². The molecule has 2 atom stereocenters. The molecule has 3 aromatic heterocycles. The molecule has 1 aliphatic rings. The van der Waals surface area contributed by atoms with Gasteiger partial charge in [0.05, 0.1) is 24.0 Å². The molecule has 148 valence electrons. The maximum absolute atomic E-state index is 5.79. The summed E-state index contributed by atoms with van der Waals surface area (Å²) >= 11 is 5.79. The number of aromatic nitrogens is 3. The largest absolute Gasteiger partial charge is 0.351 e. The molecule has 0 saturated carbocycles. The van der Waals surface area contributed by atoms with Crippen LogP contribution >= 0.6 is 12.2 Å². The van der Waals surface area contributed by atoms with Crippen LogP contribution in [0.2, 0.25) is 0 Å². The highest BCUT2D eigenvalue weighted by molar-refractivity contribution is 7.80. The van der Waals surface area contributed by atoms with E-state index in [0.29, 0.717) is 11.7 Å². The minimum absolute atomic E-state index is 0.0338. The monoisotopic (exact) mass is 411 g/mol. The van der Waals surface area contributed by atoms with E-state index in [-0.39, 0.29) is 12.1 Å². The maximum Gasteiger partial charge on any atom is 0.174 e. The number of hydrogen-bond donors (Lipinski definition) is 1. The van der Waals surface area contributed by atoms with Gasteiger partial charge in [0.25, 0.3) is 0 Å². The predicted molar refractivity (Wildman–Crippen MR) is 122 cm³/mol. The van der Waals surface area contributed by atoms with Crippen molar-refractivity contribution in [3.63, 3.8) is 0 Å². The van der Waals surface area contributed by atoms with Gasteiger partial charge in [0.1, 0.15) is 6.04 Å². The maximum atomic E-state index is 5.79. The number of benzene rings is 1. The van der Waals surface area contributed by atoms with Crippen LogP contribution in [0.3, 0.4) is 0 Å². The molecular formula is C24H21N5S.